The Hall–Kier alpha value is -0.560. The molecule has 29 heavy (non-hydrogen) atoms. The average molecular weight is 399 g/mol. The van der Waals surface area contributed by atoms with Gasteiger partial charge in [0.15, 0.2) is 0 Å². The third kappa shape index (κ3) is 3.68. The summed E-state index contributed by atoms with van der Waals surface area (Å²) in [6.07, 6.45) is 20.4. The zero-order valence-corrected chi connectivity index (χ0v) is 19.8. The van der Waals surface area contributed by atoms with Crippen molar-refractivity contribution in [3.63, 3.8) is 0 Å². The number of allylic oxidation sites excluding steroid dienone is 3. The first kappa shape index (κ1) is 21.7. The lowest BCUT2D eigenvalue weighted by Gasteiger charge is -2.58. The van der Waals surface area contributed by atoms with Gasteiger partial charge in [0.05, 0.1) is 6.10 Å². The van der Waals surface area contributed by atoms with Crippen molar-refractivity contribution in [1.82, 2.24) is 0 Å². The van der Waals surface area contributed by atoms with E-state index >= 15 is 0 Å². The van der Waals surface area contributed by atoms with E-state index in [2.05, 4.69) is 52.8 Å². The van der Waals surface area contributed by atoms with Gasteiger partial charge in [-0.15, -0.1) is 0 Å². The molecule has 1 nitrogen and oxygen atoms in total. The summed E-state index contributed by atoms with van der Waals surface area (Å²) < 4.78 is 0. The van der Waals surface area contributed by atoms with Crippen molar-refractivity contribution >= 4 is 0 Å². The van der Waals surface area contributed by atoms with E-state index in [4.69, 9.17) is 0 Å². The number of hydrogen-bond acceptors (Lipinski definition) is 1. The minimum Gasteiger partial charge on any atom is -0.393 e. The molecule has 4 aliphatic carbocycles. The molecule has 0 bridgehead atoms. The smallest absolute Gasteiger partial charge is 0.0577 e. The van der Waals surface area contributed by atoms with Crippen molar-refractivity contribution in [3.05, 3.63) is 23.8 Å². The monoisotopic (exact) mass is 398 g/mol. The minimum atomic E-state index is -0.0832. The van der Waals surface area contributed by atoms with Crippen molar-refractivity contribution in [3.8, 4) is 0 Å². The van der Waals surface area contributed by atoms with E-state index in [9.17, 15) is 5.11 Å². The summed E-state index contributed by atoms with van der Waals surface area (Å²) in [5.74, 6) is 5.09. The highest BCUT2D eigenvalue weighted by Crippen LogP contribution is 2.66. The van der Waals surface area contributed by atoms with Gasteiger partial charge in [-0.1, -0.05) is 58.4 Å². The third-order valence-electron chi connectivity index (χ3n) is 10.4. The van der Waals surface area contributed by atoms with E-state index in [0.717, 1.165) is 48.3 Å². The molecule has 0 heterocycles. The fraction of sp³-hybridized carbons (Fsp3) is 0.857. The number of rotatable bonds is 5. The predicted octanol–water partition coefficient (Wildman–Crippen LogP) is 7.55. The minimum absolute atomic E-state index is 0.0832. The highest BCUT2D eigenvalue weighted by molar-refractivity contribution is 5.25. The van der Waals surface area contributed by atoms with Crippen molar-refractivity contribution < 1.29 is 5.11 Å². The molecule has 4 rings (SSSR count). The highest BCUT2D eigenvalue weighted by Gasteiger charge is 2.58. The van der Waals surface area contributed by atoms with Crippen LogP contribution < -0.4 is 0 Å². The molecule has 0 amide bonds. The summed E-state index contributed by atoms with van der Waals surface area (Å²) in [7, 11) is 0. The van der Waals surface area contributed by atoms with Gasteiger partial charge in [-0.2, -0.15) is 0 Å². The van der Waals surface area contributed by atoms with Gasteiger partial charge < -0.3 is 5.11 Å². The van der Waals surface area contributed by atoms with E-state index < -0.39 is 0 Å². The van der Waals surface area contributed by atoms with E-state index in [1.807, 2.05) is 0 Å². The Balaban J connectivity index is 1.48. The molecule has 0 aromatic carbocycles. The van der Waals surface area contributed by atoms with E-state index in [0.29, 0.717) is 10.8 Å². The zero-order chi connectivity index (χ0) is 20.8. The van der Waals surface area contributed by atoms with Crippen LogP contribution in [0, 0.1) is 46.3 Å². The Labute approximate surface area is 180 Å². The summed E-state index contributed by atoms with van der Waals surface area (Å²) in [4.78, 5) is 0. The van der Waals surface area contributed by atoms with Gasteiger partial charge in [-0.3, -0.25) is 0 Å². The first-order chi connectivity index (χ1) is 13.8. The molecular formula is C28H46O. The quantitative estimate of drug-likeness (QED) is 0.474. The van der Waals surface area contributed by atoms with Crippen LogP contribution in [-0.2, 0) is 0 Å². The second kappa shape index (κ2) is 8.18. The Morgan fingerprint density at radius 2 is 1.90 bits per heavy atom. The van der Waals surface area contributed by atoms with Crippen LogP contribution in [-0.4, -0.2) is 11.2 Å². The molecule has 0 aliphatic heterocycles. The first-order valence-electron chi connectivity index (χ1n) is 12.8. The SMILES string of the molecule is CCC(/C=C/C[C@H]1CCC2C3CC=C4CC(O)CCC4(C)C3CCC21C)C(C)C. The second-order valence-corrected chi connectivity index (χ2v) is 12.0. The summed E-state index contributed by atoms with van der Waals surface area (Å²) in [5, 5.41) is 10.2. The van der Waals surface area contributed by atoms with Crippen LogP contribution in [0.15, 0.2) is 23.8 Å². The number of aliphatic hydroxyl groups is 1. The van der Waals surface area contributed by atoms with Crippen molar-refractivity contribution in [1.29, 1.82) is 0 Å². The molecule has 0 aromatic rings. The van der Waals surface area contributed by atoms with Crippen LogP contribution >= 0.6 is 0 Å². The molecule has 0 radical (unpaired) electrons. The lowest BCUT2D eigenvalue weighted by Crippen LogP contribution is -2.50. The van der Waals surface area contributed by atoms with Crippen LogP contribution in [0.25, 0.3) is 0 Å². The first-order valence-corrected chi connectivity index (χ1v) is 12.8. The molecule has 3 saturated carbocycles. The summed E-state index contributed by atoms with van der Waals surface area (Å²) in [6, 6.07) is 0. The van der Waals surface area contributed by atoms with Crippen LogP contribution in [0.5, 0.6) is 0 Å². The van der Waals surface area contributed by atoms with Crippen LogP contribution in [0.4, 0.5) is 0 Å². The largest absolute Gasteiger partial charge is 0.393 e. The van der Waals surface area contributed by atoms with Crippen LogP contribution in [0.3, 0.4) is 0 Å². The molecular weight excluding hydrogens is 352 g/mol. The fourth-order valence-electron chi connectivity index (χ4n) is 8.39. The van der Waals surface area contributed by atoms with Crippen molar-refractivity contribution in [2.45, 2.75) is 105 Å². The molecule has 3 fully saturated rings. The molecule has 0 saturated heterocycles. The molecule has 1 N–H and O–H groups in total. The maximum absolute atomic E-state index is 10.2. The third-order valence-corrected chi connectivity index (χ3v) is 10.4. The van der Waals surface area contributed by atoms with Gasteiger partial charge in [0.2, 0.25) is 0 Å². The van der Waals surface area contributed by atoms with Gasteiger partial charge >= 0.3 is 0 Å². The van der Waals surface area contributed by atoms with Crippen LogP contribution in [0.1, 0.15) is 98.8 Å². The molecule has 164 valence electrons. The number of aliphatic hydroxyl groups excluding tert-OH is 1. The maximum atomic E-state index is 10.2. The Morgan fingerprint density at radius 1 is 1.10 bits per heavy atom. The van der Waals surface area contributed by atoms with Gasteiger partial charge in [0, 0.05) is 0 Å². The normalized spacial score (nSPS) is 45.6. The lowest BCUT2D eigenvalue weighted by molar-refractivity contribution is -0.0492. The molecule has 0 spiro atoms. The fourth-order valence-corrected chi connectivity index (χ4v) is 8.39. The highest BCUT2D eigenvalue weighted by atomic mass is 16.3. The summed E-state index contributed by atoms with van der Waals surface area (Å²) >= 11 is 0. The van der Waals surface area contributed by atoms with E-state index in [1.165, 1.54) is 51.4 Å². The van der Waals surface area contributed by atoms with Gasteiger partial charge in [0.1, 0.15) is 0 Å². The molecule has 4 aliphatic rings. The molecule has 1 heteroatoms. The topological polar surface area (TPSA) is 20.2 Å². The molecule has 8 atom stereocenters. The zero-order valence-electron chi connectivity index (χ0n) is 19.8. The average Bonchev–Trinajstić information content (AvgIpc) is 3.02. The Kier molecular flexibility index (Phi) is 6.11. The maximum Gasteiger partial charge on any atom is 0.0577 e. The summed E-state index contributed by atoms with van der Waals surface area (Å²) in [6.45, 7) is 12.3. The van der Waals surface area contributed by atoms with Gasteiger partial charge in [-0.25, -0.2) is 0 Å². The molecule has 7 unspecified atom stereocenters. The number of fused-ring (bicyclic) bond motifs is 5. The van der Waals surface area contributed by atoms with Crippen LogP contribution in [0.2, 0.25) is 0 Å². The van der Waals surface area contributed by atoms with E-state index in [1.54, 1.807) is 5.57 Å². The van der Waals surface area contributed by atoms with Crippen molar-refractivity contribution in [2.24, 2.45) is 46.3 Å². The summed E-state index contributed by atoms with van der Waals surface area (Å²) in [5.41, 5.74) is 2.55. The second-order valence-electron chi connectivity index (χ2n) is 12.0. The Morgan fingerprint density at radius 3 is 2.62 bits per heavy atom. The molecule has 0 aromatic heterocycles. The lowest BCUT2D eigenvalue weighted by atomic mass is 9.47. The standard InChI is InChI=1S/C28H46O/c1-6-20(19(2)3)8-7-9-21-11-13-25-24-12-10-22-18-23(29)14-16-28(22,5)26(24)15-17-27(21,25)4/h7-8,10,19-21,23-26,29H,6,9,11-18H2,1-5H3/b8-7+/t20?,21-,23?,24?,25?,26?,27?,28?/m0/s1. The van der Waals surface area contributed by atoms with Gasteiger partial charge in [-0.05, 0) is 111 Å². The Bertz CT molecular complexity index is 645. The predicted molar refractivity (Wildman–Crippen MR) is 124 cm³/mol. The van der Waals surface area contributed by atoms with Crippen molar-refractivity contribution in [2.75, 3.05) is 0 Å². The van der Waals surface area contributed by atoms with Gasteiger partial charge in [0.25, 0.3) is 0 Å². The number of hydrogen-bond donors (Lipinski definition) is 1. The van der Waals surface area contributed by atoms with E-state index in [-0.39, 0.29) is 6.10 Å².